The normalized spacial score (nSPS) is 10.2. The molecule has 2 aromatic rings. The Labute approximate surface area is 125 Å². The summed E-state index contributed by atoms with van der Waals surface area (Å²) in [4.78, 5) is 13.9. The van der Waals surface area contributed by atoms with Gasteiger partial charge < -0.3 is 4.90 Å². The summed E-state index contributed by atoms with van der Waals surface area (Å²) >= 11 is 0. The summed E-state index contributed by atoms with van der Waals surface area (Å²) in [6.45, 7) is 0.700. The number of amides is 1. The standard InChI is InChI=1S/C17H21N3O/c1-20(2)16-10-8-15(9-11-16)17(21)19-18-13-12-14-6-4-3-5-7-14/h3-11,18H,12-13H2,1-2H3,(H,19,21). The molecule has 0 aliphatic rings. The van der Waals surface area contributed by atoms with Crippen molar-refractivity contribution in [3.63, 3.8) is 0 Å². The molecule has 0 aromatic heterocycles. The van der Waals surface area contributed by atoms with Crippen LogP contribution in [-0.2, 0) is 6.42 Å². The predicted molar refractivity (Wildman–Crippen MR) is 86.4 cm³/mol. The molecule has 4 nitrogen and oxygen atoms in total. The van der Waals surface area contributed by atoms with Crippen LogP contribution in [0.2, 0.25) is 0 Å². The van der Waals surface area contributed by atoms with Crippen LogP contribution in [0.25, 0.3) is 0 Å². The molecular weight excluding hydrogens is 262 g/mol. The van der Waals surface area contributed by atoms with Gasteiger partial charge in [0, 0.05) is 31.9 Å². The van der Waals surface area contributed by atoms with Crippen molar-refractivity contribution in [1.29, 1.82) is 0 Å². The fourth-order valence-electron chi connectivity index (χ4n) is 1.98. The minimum absolute atomic E-state index is 0.117. The first-order valence-corrected chi connectivity index (χ1v) is 7.01. The second-order valence-electron chi connectivity index (χ2n) is 5.06. The lowest BCUT2D eigenvalue weighted by atomic mass is 10.1. The van der Waals surface area contributed by atoms with Gasteiger partial charge in [0.1, 0.15) is 0 Å². The Morgan fingerprint density at radius 2 is 1.67 bits per heavy atom. The van der Waals surface area contributed by atoms with Crippen LogP contribution >= 0.6 is 0 Å². The van der Waals surface area contributed by atoms with Gasteiger partial charge in [0.15, 0.2) is 0 Å². The Balaban J connectivity index is 1.76. The summed E-state index contributed by atoms with van der Waals surface area (Å²) in [6.07, 6.45) is 0.876. The number of carbonyl (C=O) groups excluding carboxylic acids is 1. The summed E-state index contributed by atoms with van der Waals surface area (Å²) in [5.74, 6) is -0.117. The zero-order valence-corrected chi connectivity index (χ0v) is 12.5. The lowest BCUT2D eigenvalue weighted by Crippen LogP contribution is -2.38. The molecule has 4 heteroatoms. The quantitative estimate of drug-likeness (QED) is 0.631. The van der Waals surface area contributed by atoms with Gasteiger partial charge in [0.25, 0.3) is 5.91 Å². The second kappa shape index (κ2) is 7.45. The zero-order chi connectivity index (χ0) is 15.1. The fourth-order valence-corrected chi connectivity index (χ4v) is 1.98. The molecule has 0 atom stereocenters. The van der Waals surface area contributed by atoms with E-state index in [0.29, 0.717) is 12.1 Å². The Morgan fingerprint density at radius 3 is 2.29 bits per heavy atom. The lowest BCUT2D eigenvalue weighted by molar-refractivity contribution is 0.0933. The lowest BCUT2D eigenvalue weighted by Gasteiger charge is -2.13. The van der Waals surface area contributed by atoms with Gasteiger partial charge in [-0.3, -0.25) is 10.2 Å². The van der Waals surface area contributed by atoms with Crippen molar-refractivity contribution in [2.24, 2.45) is 0 Å². The van der Waals surface area contributed by atoms with Crippen LogP contribution in [0.4, 0.5) is 5.69 Å². The summed E-state index contributed by atoms with van der Waals surface area (Å²) < 4.78 is 0. The van der Waals surface area contributed by atoms with Gasteiger partial charge in [-0.1, -0.05) is 30.3 Å². The van der Waals surface area contributed by atoms with Gasteiger partial charge in [0.05, 0.1) is 0 Å². The van der Waals surface area contributed by atoms with Crippen LogP contribution in [0.1, 0.15) is 15.9 Å². The molecule has 2 aromatic carbocycles. The Kier molecular flexibility index (Phi) is 5.35. The van der Waals surface area contributed by atoms with Crippen molar-refractivity contribution in [3.05, 3.63) is 65.7 Å². The van der Waals surface area contributed by atoms with Gasteiger partial charge in [-0.25, -0.2) is 5.43 Å². The van der Waals surface area contributed by atoms with Crippen molar-refractivity contribution in [3.8, 4) is 0 Å². The van der Waals surface area contributed by atoms with Crippen LogP contribution in [0.5, 0.6) is 0 Å². The SMILES string of the molecule is CN(C)c1ccc(C(=O)NNCCc2ccccc2)cc1. The van der Waals surface area contributed by atoms with E-state index in [4.69, 9.17) is 0 Å². The number of hydrogen-bond donors (Lipinski definition) is 2. The molecule has 0 saturated heterocycles. The van der Waals surface area contributed by atoms with Crippen LogP contribution in [0.15, 0.2) is 54.6 Å². The predicted octanol–water partition coefficient (Wildman–Crippen LogP) is 2.23. The average Bonchev–Trinajstić information content (AvgIpc) is 2.52. The minimum atomic E-state index is -0.117. The third-order valence-corrected chi connectivity index (χ3v) is 3.23. The van der Waals surface area contributed by atoms with E-state index in [1.165, 1.54) is 5.56 Å². The van der Waals surface area contributed by atoms with Gasteiger partial charge in [0.2, 0.25) is 0 Å². The Bertz CT molecular complexity index is 564. The maximum Gasteiger partial charge on any atom is 0.265 e. The number of carbonyl (C=O) groups is 1. The van der Waals surface area contributed by atoms with E-state index in [-0.39, 0.29) is 5.91 Å². The van der Waals surface area contributed by atoms with Crippen molar-refractivity contribution < 1.29 is 4.79 Å². The van der Waals surface area contributed by atoms with Crippen molar-refractivity contribution in [1.82, 2.24) is 10.9 Å². The van der Waals surface area contributed by atoms with E-state index in [1.54, 1.807) is 0 Å². The number of hydrazine groups is 1. The molecule has 2 rings (SSSR count). The monoisotopic (exact) mass is 283 g/mol. The molecule has 1 amide bonds. The van der Waals surface area contributed by atoms with Gasteiger partial charge in [-0.15, -0.1) is 0 Å². The number of nitrogens with zero attached hydrogens (tertiary/aromatic N) is 1. The highest BCUT2D eigenvalue weighted by Crippen LogP contribution is 2.11. The molecule has 0 radical (unpaired) electrons. The largest absolute Gasteiger partial charge is 0.378 e. The number of benzene rings is 2. The molecule has 2 N–H and O–H groups in total. The van der Waals surface area contributed by atoms with Crippen molar-refractivity contribution in [2.45, 2.75) is 6.42 Å². The van der Waals surface area contributed by atoms with E-state index < -0.39 is 0 Å². The first kappa shape index (κ1) is 15.1. The molecular formula is C17H21N3O. The highest BCUT2D eigenvalue weighted by Gasteiger charge is 2.04. The first-order valence-electron chi connectivity index (χ1n) is 7.01. The molecule has 110 valence electrons. The van der Waals surface area contributed by atoms with Crippen LogP contribution in [0, 0.1) is 0 Å². The van der Waals surface area contributed by atoms with Crippen LogP contribution in [-0.4, -0.2) is 26.5 Å². The number of rotatable bonds is 6. The van der Waals surface area contributed by atoms with Crippen LogP contribution < -0.4 is 15.8 Å². The smallest absolute Gasteiger partial charge is 0.265 e. The zero-order valence-electron chi connectivity index (χ0n) is 12.5. The van der Waals surface area contributed by atoms with Crippen molar-refractivity contribution in [2.75, 3.05) is 25.5 Å². The Morgan fingerprint density at radius 1 is 1.00 bits per heavy atom. The van der Waals surface area contributed by atoms with Crippen molar-refractivity contribution >= 4 is 11.6 Å². The molecule has 0 aliphatic heterocycles. The number of hydrogen-bond acceptors (Lipinski definition) is 3. The topological polar surface area (TPSA) is 44.4 Å². The third kappa shape index (κ3) is 4.61. The second-order valence-corrected chi connectivity index (χ2v) is 5.06. The Hall–Kier alpha value is -2.33. The summed E-state index contributed by atoms with van der Waals surface area (Å²) in [7, 11) is 3.94. The molecule has 0 unspecified atom stereocenters. The molecule has 0 bridgehead atoms. The average molecular weight is 283 g/mol. The maximum absolute atomic E-state index is 11.9. The fraction of sp³-hybridized carbons (Fsp3) is 0.235. The number of nitrogens with one attached hydrogen (secondary N) is 2. The third-order valence-electron chi connectivity index (χ3n) is 3.23. The molecule has 21 heavy (non-hydrogen) atoms. The first-order chi connectivity index (χ1) is 10.2. The minimum Gasteiger partial charge on any atom is -0.378 e. The van der Waals surface area contributed by atoms with Gasteiger partial charge >= 0.3 is 0 Å². The highest BCUT2D eigenvalue weighted by atomic mass is 16.2. The molecule has 0 heterocycles. The molecule has 0 saturated carbocycles. The van der Waals surface area contributed by atoms with E-state index in [1.807, 2.05) is 61.5 Å². The maximum atomic E-state index is 11.9. The van der Waals surface area contributed by atoms with E-state index >= 15 is 0 Å². The van der Waals surface area contributed by atoms with E-state index in [0.717, 1.165) is 12.1 Å². The van der Waals surface area contributed by atoms with Crippen LogP contribution in [0.3, 0.4) is 0 Å². The molecule has 0 spiro atoms. The van der Waals surface area contributed by atoms with Gasteiger partial charge in [-0.05, 0) is 36.2 Å². The summed E-state index contributed by atoms with van der Waals surface area (Å²) in [6, 6.07) is 17.7. The molecule has 0 aliphatic carbocycles. The highest BCUT2D eigenvalue weighted by molar-refractivity contribution is 5.94. The van der Waals surface area contributed by atoms with Gasteiger partial charge in [-0.2, -0.15) is 0 Å². The van der Waals surface area contributed by atoms with E-state index in [2.05, 4.69) is 23.0 Å². The summed E-state index contributed by atoms with van der Waals surface area (Å²) in [5, 5.41) is 0. The van der Waals surface area contributed by atoms with E-state index in [9.17, 15) is 4.79 Å². The summed E-state index contributed by atoms with van der Waals surface area (Å²) in [5.41, 5.74) is 8.64. The molecule has 0 fully saturated rings. The number of anilines is 1.